The summed E-state index contributed by atoms with van der Waals surface area (Å²) < 4.78 is 10.9. The van der Waals surface area contributed by atoms with Gasteiger partial charge in [0.1, 0.15) is 0 Å². The van der Waals surface area contributed by atoms with Gasteiger partial charge in [0, 0.05) is 13.1 Å². The van der Waals surface area contributed by atoms with E-state index in [1.807, 2.05) is 45.3 Å². The molecule has 0 radical (unpaired) electrons. The largest absolute Gasteiger partial charge is 0.339 e. The quantitative estimate of drug-likeness (QED) is 0.258. The van der Waals surface area contributed by atoms with Crippen LogP contribution in [0.3, 0.4) is 0 Å². The highest BCUT2D eigenvalue weighted by Crippen LogP contribution is 2.38. The fourth-order valence-corrected chi connectivity index (χ4v) is 7.97. The van der Waals surface area contributed by atoms with Gasteiger partial charge in [-0.3, -0.25) is 0 Å². The van der Waals surface area contributed by atoms with Gasteiger partial charge in [-0.25, -0.2) is 0 Å². The number of hydrogen-bond donors (Lipinski definition) is 0. The molecule has 0 aliphatic rings. The number of aromatic nitrogens is 2. The Balaban J connectivity index is 1.26. The van der Waals surface area contributed by atoms with Crippen LogP contribution in [-0.2, 0) is 13.1 Å². The zero-order valence-corrected chi connectivity index (χ0v) is 17.2. The van der Waals surface area contributed by atoms with Crippen molar-refractivity contribution in [1.29, 1.82) is 0 Å². The summed E-state index contributed by atoms with van der Waals surface area (Å²) >= 11 is 7.49. The maximum Gasteiger partial charge on any atom is 0.0700 e. The molecule has 0 aliphatic heterocycles. The molecule has 0 fully saturated rings. The van der Waals surface area contributed by atoms with Crippen molar-refractivity contribution in [2.24, 2.45) is 0 Å². The molecule has 6 heteroatoms. The van der Waals surface area contributed by atoms with Crippen LogP contribution in [0.2, 0.25) is 0 Å². The number of unbranched alkanes of at least 4 members (excludes halogenated alkanes) is 1. The number of hydrogen-bond acceptors (Lipinski definition) is 4. The van der Waals surface area contributed by atoms with E-state index in [0.29, 0.717) is 0 Å². The van der Waals surface area contributed by atoms with Gasteiger partial charge >= 0.3 is 0 Å². The lowest BCUT2D eigenvalue weighted by molar-refractivity contribution is 0.584. The summed E-state index contributed by atoms with van der Waals surface area (Å²) in [6.45, 7) is 2.21. The van der Waals surface area contributed by atoms with E-state index in [9.17, 15) is 0 Å². The number of rotatable bonds is 5. The van der Waals surface area contributed by atoms with Crippen molar-refractivity contribution in [2.75, 3.05) is 0 Å². The highest BCUT2D eigenvalue weighted by atomic mass is 32.1. The maximum atomic E-state index is 2.52. The van der Waals surface area contributed by atoms with Crippen molar-refractivity contribution < 1.29 is 0 Å². The van der Waals surface area contributed by atoms with E-state index in [1.165, 1.54) is 53.7 Å². The van der Waals surface area contributed by atoms with Crippen molar-refractivity contribution in [2.45, 2.75) is 25.9 Å². The van der Waals surface area contributed by atoms with Gasteiger partial charge in [-0.05, 0) is 58.6 Å². The summed E-state index contributed by atoms with van der Waals surface area (Å²) in [5.41, 5.74) is 5.66. The molecule has 0 aromatic carbocycles. The monoisotopic (exact) mass is 412 g/mol. The first-order valence-corrected chi connectivity index (χ1v) is 12.3. The third-order valence-electron chi connectivity index (χ3n) is 5.17. The Morgan fingerprint density at radius 1 is 0.500 bits per heavy atom. The van der Waals surface area contributed by atoms with Crippen molar-refractivity contribution in [1.82, 2.24) is 9.13 Å². The minimum atomic E-state index is 1.11. The molecule has 6 aromatic rings. The van der Waals surface area contributed by atoms with Gasteiger partial charge < -0.3 is 9.13 Å². The van der Waals surface area contributed by atoms with Gasteiger partial charge in [-0.1, -0.05) is 0 Å². The van der Waals surface area contributed by atoms with E-state index in [4.69, 9.17) is 0 Å². The topological polar surface area (TPSA) is 9.86 Å². The Labute approximate surface area is 166 Å². The Morgan fingerprint density at radius 2 is 0.808 bits per heavy atom. The molecule has 130 valence electrons. The first-order chi connectivity index (χ1) is 12.9. The van der Waals surface area contributed by atoms with Crippen molar-refractivity contribution >= 4 is 86.2 Å². The summed E-state index contributed by atoms with van der Waals surface area (Å²) in [5, 5.41) is 8.89. The summed E-state index contributed by atoms with van der Waals surface area (Å²) in [6, 6.07) is 9.12. The Bertz CT molecular complexity index is 1150. The molecule has 0 bridgehead atoms. The lowest BCUT2D eigenvalue weighted by Crippen LogP contribution is -2.01. The molecular weight excluding hydrogens is 397 g/mol. The third-order valence-corrected chi connectivity index (χ3v) is 9.11. The zero-order valence-electron chi connectivity index (χ0n) is 14.0. The van der Waals surface area contributed by atoms with Crippen molar-refractivity contribution in [3.63, 3.8) is 0 Å². The minimum Gasteiger partial charge on any atom is -0.339 e. The van der Waals surface area contributed by atoms with Crippen LogP contribution in [0.1, 0.15) is 12.8 Å². The Hall–Kier alpha value is -1.60. The summed E-state index contributed by atoms with van der Waals surface area (Å²) in [7, 11) is 0. The molecule has 0 aliphatic carbocycles. The van der Waals surface area contributed by atoms with Gasteiger partial charge in [0.15, 0.2) is 0 Å². The SMILES string of the molecule is c1cc2c(s1)c1sccc1n2CCCCn1c2ccsc2c2sccc21. The van der Waals surface area contributed by atoms with E-state index < -0.39 is 0 Å². The highest BCUT2D eigenvalue weighted by Gasteiger charge is 2.14. The van der Waals surface area contributed by atoms with Crippen LogP contribution in [0.25, 0.3) is 40.9 Å². The second kappa shape index (κ2) is 5.96. The molecule has 0 saturated carbocycles. The molecule has 0 spiro atoms. The van der Waals surface area contributed by atoms with E-state index in [0.717, 1.165) is 13.1 Å². The Morgan fingerprint density at radius 3 is 1.12 bits per heavy atom. The van der Waals surface area contributed by atoms with Gasteiger partial charge in [0.2, 0.25) is 0 Å². The van der Waals surface area contributed by atoms with Crippen LogP contribution in [0.5, 0.6) is 0 Å². The van der Waals surface area contributed by atoms with Crippen molar-refractivity contribution in [3.8, 4) is 0 Å². The molecule has 0 amide bonds. The summed E-state index contributed by atoms with van der Waals surface area (Å²) in [6.07, 6.45) is 2.42. The van der Waals surface area contributed by atoms with Crippen LogP contribution < -0.4 is 0 Å². The average Bonchev–Trinajstić information content (AvgIpc) is 3.42. The van der Waals surface area contributed by atoms with Gasteiger partial charge in [0.05, 0.1) is 40.9 Å². The molecule has 0 N–H and O–H groups in total. The third kappa shape index (κ3) is 2.13. The number of thiophene rings is 4. The lowest BCUT2D eigenvalue weighted by atomic mass is 10.3. The molecule has 26 heavy (non-hydrogen) atoms. The number of fused-ring (bicyclic) bond motifs is 6. The predicted octanol–water partition coefficient (Wildman–Crippen LogP) is 7.63. The number of nitrogens with zero attached hydrogens (tertiary/aromatic N) is 2. The van der Waals surface area contributed by atoms with Crippen LogP contribution in [-0.4, -0.2) is 9.13 Å². The van der Waals surface area contributed by atoms with E-state index in [1.54, 1.807) is 0 Å². The maximum absolute atomic E-state index is 2.52. The molecule has 6 rings (SSSR count). The zero-order chi connectivity index (χ0) is 17.1. The highest BCUT2D eigenvalue weighted by molar-refractivity contribution is 7.26. The second-order valence-electron chi connectivity index (χ2n) is 6.55. The fourth-order valence-electron chi connectivity index (χ4n) is 4.02. The standard InChI is InChI=1S/C20H16N2S4/c1(7-21-13-3-9-23-17(13)18-14(21)4-10-24-18)2-8-22-15-5-11-25-19(15)20-16(22)6-12-26-20/h3-6,9-12H,1-2,7-8H2. The predicted molar refractivity (Wildman–Crippen MR) is 120 cm³/mol. The van der Waals surface area contributed by atoms with E-state index in [2.05, 4.69) is 54.9 Å². The van der Waals surface area contributed by atoms with Crippen molar-refractivity contribution in [3.05, 3.63) is 45.8 Å². The molecule has 0 saturated heterocycles. The minimum absolute atomic E-state index is 1.11. The van der Waals surface area contributed by atoms with Gasteiger partial charge in [0.25, 0.3) is 0 Å². The van der Waals surface area contributed by atoms with Gasteiger partial charge in [-0.2, -0.15) is 0 Å². The second-order valence-corrected chi connectivity index (χ2v) is 10.2. The van der Waals surface area contributed by atoms with Crippen LogP contribution in [0, 0.1) is 0 Å². The molecular formula is C20H16N2S4. The van der Waals surface area contributed by atoms with E-state index in [-0.39, 0.29) is 0 Å². The van der Waals surface area contributed by atoms with Gasteiger partial charge in [-0.15, -0.1) is 45.3 Å². The Kier molecular flexibility index (Phi) is 3.54. The van der Waals surface area contributed by atoms with E-state index >= 15 is 0 Å². The molecule has 6 aromatic heterocycles. The molecule has 2 nitrogen and oxygen atoms in total. The van der Waals surface area contributed by atoms with Crippen LogP contribution in [0.15, 0.2) is 45.8 Å². The molecule has 6 heterocycles. The summed E-state index contributed by atoms with van der Waals surface area (Å²) in [5.74, 6) is 0. The van der Waals surface area contributed by atoms with Crippen LogP contribution >= 0.6 is 45.3 Å². The molecule has 0 atom stereocenters. The first-order valence-electron chi connectivity index (χ1n) is 8.77. The fraction of sp³-hybridized carbons (Fsp3) is 0.200. The first kappa shape index (κ1) is 15.5. The summed E-state index contributed by atoms with van der Waals surface area (Å²) in [4.78, 5) is 0. The van der Waals surface area contributed by atoms with Crippen LogP contribution in [0.4, 0.5) is 0 Å². The smallest absolute Gasteiger partial charge is 0.0700 e. The molecule has 0 unspecified atom stereocenters. The normalized spacial score (nSPS) is 12.5. The lowest BCUT2D eigenvalue weighted by Gasteiger charge is -2.08. The number of aryl methyl sites for hydroxylation is 2. The average molecular weight is 413 g/mol.